The van der Waals surface area contributed by atoms with Gasteiger partial charge in [0.1, 0.15) is 5.82 Å². The van der Waals surface area contributed by atoms with Gasteiger partial charge in [-0.25, -0.2) is 4.39 Å². The van der Waals surface area contributed by atoms with E-state index in [0.29, 0.717) is 17.2 Å². The lowest BCUT2D eigenvalue weighted by molar-refractivity contribution is -0.0564. The fourth-order valence-corrected chi connectivity index (χ4v) is 2.23. The Kier molecular flexibility index (Phi) is 6.06. The molecular formula is C14H20ClFO2. The molecule has 0 radical (unpaired) electrons. The SMILES string of the molecule is CCOC(C(C)C)C(O)Cc1c(F)cccc1Cl. The third-order valence-electron chi connectivity index (χ3n) is 2.87. The molecular weight excluding hydrogens is 255 g/mol. The lowest BCUT2D eigenvalue weighted by atomic mass is 9.96. The molecule has 2 nitrogen and oxygen atoms in total. The Bertz CT molecular complexity index is 362. The first kappa shape index (κ1) is 15.4. The Balaban J connectivity index is 2.82. The highest BCUT2D eigenvalue weighted by Gasteiger charge is 2.25. The molecule has 4 heteroatoms. The topological polar surface area (TPSA) is 29.5 Å². The third-order valence-corrected chi connectivity index (χ3v) is 3.22. The van der Waals surface area contributed by atoms with Crippen molar-refractivity contribution in [3.05, 3.63) is 34.6 Å². The van der Waals surface area contributed by atoms with E-state index in [-0.39, 0.29) is 24.3 Å². The molecule has 0 amide bonds. The highest BCUT2D eigenvalue weighted by atomic mass is 35.5. The van der Waals surface area contributed by atoms with Crippen LogP contribution in [-0.4, -0.2) is 23.9 Å². The minimum absolute atomic E-state index is 0.158. The first-order chi connectivity index (χ1) is 8.47. The Hall–Kier alpha value is -0.640. The van der Waals surface area contributed by atoms with Crippen LogP contribution in [0.5, 0.6) is 0 Å². The molecule has 18 heavy (non-hydrogen) atoms. The van der Waals surface area contributed by atoms with E-state index in [1.165, 1.54) is 6.07 Å². The molecule has 0 fully saturated rings. The number of rotatable bonds is 6. The van der Waals surface area contributed by atoms with Crippen molar-refractivity contribution < 1.29 is 14.2 Å². The standard InChI is InChI=1S/C14H20ClFO2/c1-4-18-14(9(2)3)13(17)8-10-11(15)6-5-7-12(10)16/h5-7,9,13-14,17H,4,8H2,1-3H3. The highest BCUT2D eigenvalue weighted by Crippen LogP contribution is 2.23. The lowest BCUT2D eigenvalue weighted by Crippen LogP contribution is -2.35. The van der Waals surface area contributed by atoms with Crippen molar-refractivity contribution in [3.63, 3.8) is 0 Å². The molecule has 102 valence electrons. The van der Waals surface area contributed by atoms with Crippen LogP contribution in [-0.2, 0) is 11.2 Å². The van der Waals surface area contributed by atoms with Gasteiger partial charge in [0.2, 0.25) is 0 Å². The van der Waals surface area contributed by atoms with Gasteiger partial charge in [-0.3, -0.25) is 0 Å². The van der Waals surface area contributed by atoms with Gasteiger partial charge in [0.15, 0.2) is 0 Å². The summed E-state index contributed by atoms with van der Waals surface area (Å²) in [6, 6.07) is 4.52. The van der Waals surface area contributed by atoms with E-state index in [4.69, 9.17) is 16.3 Å². The first-order valence-corrected chi connectivity index (χ1v) is 6.57. The molecule has 0 aliphatic rings. The zero-order valence-corrected chi connectivity index (χ0v) is 11.7. The normalized spacial score (nSPS) is 14.8. The van der Waals surface area contributed by atoms with Crippen molar-refractivity contribution in [2.75, 3.05) is 6.61 Å². The molecule has 1 aromatic carbocycles. The monoisotopic (exact) mass is 274 g/mol. The predicted molar refractivity (Wildman–Crippen MR) is 71.4 cm³/mol. The average Bonchev–Trinajstić information content (AvgIpc) is 2.30. The van der Waals surface area contributed by atoms with E-state index >= 15 is 0 Å². The van der Waals surface area contributed by atoms with Crippen LogP contribution >= 0.6 is 11.6 Å². The Labute approximate surface area is 113 Å². The summed E-state index contributed by atoms with van der Waals surface area (Å²) in [6.45, 7) is 6.32. The minimum atomic E-state index is -0.764. The van der Waals surface area contributed by atoms with Crippen molar-refractivity contribution >= 4 is 11.6 Å². The van der Waals surface area contributed by atoms with E-state index in [0.717, 1.165) is 0 Å². The minimum Gasteiger partial charge on any atom is -0.390 e. The maximum Gasteiger partial charge on any atom is 0.127 e. The second-order valence-electron chi connectivity index (χ2n) is 4.64. The first-order valence-electron chi connectivity index (χ1n) is 6.19. The molecule has 0 saturated heterocycles. The van der Waals surface area contributed by atoms with Crippen LogP contribution in [0.15, 0.2) is 18.2 Å². The molecule has 0 bridgehead atoms. The lowest BCUT2D eigenvalue weighted by Gasteiger charge is -2.26. The molecule has 0 saturated carbocycles. The van der Waals surface area contributed by atoms with Gasteiger partial charge in [-0.15, -0.1) is 0 Å². The molecule has 1 rings (SSSR count). The van der Waals surface area contributed by atoms with Crippen molar-refractivity contribution in [3.8, 4) is 0 Å². The Morgan fingerprint density at radius 1 is 1.39 bits per heavy atom. The van der Waals surface area contributed by atoms with Crippen molar-refractivity contribution in [2.24, 2.45) is 5.92 Å². The van der Waals surface area contributed by atoms with E-state index in [1.807, 2.05) is 20.8 Å². The molecule has 2 atom stereocenters. The smallest absolute Gasteiger partial charge is 0.127 e. The average molecular weight is 275 g/mol. The summed E-state index contributed by atoms with van der Waals surface area (Å²) in [5, 5.41) is 10.5. The zero-order chi connectivity index (χ0) is 13.7. The molecule has 0 aliphatic carbocycles. The van der Waals surface area contributed by atoms with Crippen molar-refractivity contribution in [2.45, 2.75) is 39.4 Å². The van der Waals surface area contributed by atoms with E-state index in [1.54, 1.807) is 12.1 Å². The van der Waals surface area contributed by atoms with Crippen LogP contribution < -0.4 is 0 Å². The van der Waals surface area contributed by atoms with Crippen LogP contribution in [0.4, 0.5) is 4.39 Å². The number of hydrogen-bond donors (Lipinski definition) is 1. The molecule has 1 N–H and O–H groups in total. The number of benzene rings is 1. The molecule has 0 aromatic heterocycles. The summed E-state index contributed by atoms with van der Waals surface area (Å²) >= 11 is 5.94. The van der Waals surface area contributed by atoms with Gasteiger partial charge in [0, 0.05) is 23.6 Å². The van der Waals surface area contributed by atoms with E-state index < -0.39 is 6.10 Å². The zero-order valence-electron chi connectivity index (χ0n) is 11.0. The summed E-state index contributed by atoms with van der Waals surface area (Å²) in [5.41, 5.74) is 0.344. The quantitative estimate of drug-likeness (QED) is 0.861. The second-order valence-corrected chi connectivity index (χ2v) is 5.04. The number of ether oxygens (including phenoxy) is 1. The molecule has 1 aromatic rings. The van der Waals surface area contributed by atoms with Crippen LogP contribution in [0.3, 0.4) is 0 Å². The summed E-state index contributed by atoms with van der Waals surface area (Å²) in [5.74, 6) is -0.231. The number of aliphatic hydroxyl groups is 1. The molecule has 0 aliphatic heterocycles. The van der Waals surface area contributed by atoms with Crippen LogP contribution in [0, 0.1) is 11.7 Å². The number of aliphatic hydroxyl groups excluding tert-OH is 1. The summed E-state index contributed by atoms with van der Waals surface area (Å²) in [4.78, 5) is 0. The number of hydrogen-bond acceptors (Lipinski definition) is 2. The Morgan fingerprint density at radius 3 is 2.56 bits per heavy atom. The largest absolute Gasteiger partial charge is 0.390 e. The predicted octanol–water partition coefficient (Wildman–Crippen LogP) is 3.44. The van der Waals surface area contributed by atoms with Gasteiger partial charge in [-0.1, -0.05) is 31.5 Å². The van der Waals surface area contributed by atoms with E-state index in [9.17, 15) is 9.50 Å². The molecule has 2 unspecified atom stereocenters. The van der Waals surface area contributed by atoms with Crippen LogP contribution in [0.2, 0.25) is 5.02 Å². The highest BCUT2D eigenvalue weighted by molar-refractivity contribution is 6.31. The van der Waals surface area contributed by atoms with Crippen LogP contribution in [0.25, 0.3) is 0 Å². The van der Waals surface area contributed by atoms with Gasteiger partial charge >= 0.3 is 0 Å². The van der Waals surface area contributed by atoms with Gasteiger partial charge in [-0.05, 0) is 25.0 Å². The van der Waals surface area contributed by atoms with Gasteiger partial charge in [0.05, 0.1) is 12.2 Å². The fraction of sp³-hybridized carbons (Fsp3) is 0.571. The molecule has 0 heterocycles. The van der Waals surface area contributed by atoms with Gasteiger partial charge in [-0.2, -0.15) is 0 Å². The summed E-state index contributed by atoms with van der Waals surface area (Å²) in [7, 11) is 0. The van der Waals surface area contributed by atoms with Crippen molar-refractivity contribution in [1.82, 2.24) is 0 Å². The van der Waals surface area contributed by atoms with Gasteiger partial charge < -0.3 is 9.84 Å². The second kappa shape index (κ2) is 7.07. The maximum absolute atomic E-state index is 13.6. The summed E-state index contributed by atoms with van der Waals surface area (Å²) < 4.78 is 19.1. The third kappa shape index (κ3) is 3.94. The van der Waals surface area contributed by atoms with Gasteiger partial charge in [0.25, 0.3) is 0 Å². The van der Waals surface area contributed by atoms with E-state index in [2.05, 4.69) is 0 Å². The van der Waals surface area contributed by atoms with Crippen LogP contribution in [0.1, 0.15) is 26.3 Å². The molecule has 0 spiro atoms. The fourth-order valence-electron chi connectivity index (χ4n) is 1.99. The summed E-state index contributed by atoms with van der Waals surface area (Å²) in [6.07, 6.45) is -0.918. The number of halogens is 2. The van der Waals surface area contributed by atoms with Crippen molar-refractivity contribution in [1.29, 1.82) is 0 Å². The Morgan fingerprint density at radius 2 is 2.06 bits per heavy atom. The maximum atomic E-state index is 13.6.